The second-order valence-corrected chi connectivity index (χ2v) is 3.76. The van der Waals surface area contributed by atoms with Crippen LogP contribution in [-0.2, 0) is 4.74 Å². The highest BCUT2D eigenvalue weighted by Crippen LogP contribution is 2.34. The van der Waals surface area contributed by atoms with Gasteiger partial charge in [0.15, 0.2) is 0 Å². The normalized spacial score (nSPS) is 22.2. The van der Waals surface area contributed by atoms with Gasteiger partial charge in [0.25, 0.3) is 0 Å². The fraction of sp³-hybridized carbons (Fsp3) is 1.00. The smallest absolute Gasteiger partial charge is 0.0698 e. The minimum absolute atomic E-state index is 0.365. The summed E-state index contributed by atoms with van der Waals surface area (Å²) >= 11 is 0. The molecule has 0 saturated heterocycles. The van der Waals surface area contributed by atoms with Gasteiger partial charge in [-0.25, -0.2) is 0 Å². The summed E-state index contributed by atoms with van der Waals surface area (Å²) < 4.78 is 5.35. The van der Waals surface area contributed by atoms with E-state index in [4.69, 9.17) is 4.74 Å². The summed E-state index contributed by atoms with van der Waals surface area (Å²) in [6.07, 6.45) is 4.34. The molecule has 0 aromatic heterocycles. The Hall–Kier alpha value is -0.0800. The Morgan fingerprint density at radius 1 is 1.50 bits per heavy atom. The van der Waals surface area contributed by atoms with Gasteiger partial charge in [0.2, 0.25) is 0 Å². The third kappa shape index (κ3) is 2.76. The molecular weight excluding hydrogens is 150 g/mol. The first kappa shape index (κ1) is 10.0. The molecule has 72 valence electrons. The second-order valence-electron chi connectivity index (χ2n) is 3.76. The lowest BCUT2D eigenvalue weighted by Gasteiger charge is -2.23. The molecule has 12 heavy (non-hydrogen) atoms. The number of hydrogen-bond acceptors (Lipinski definition) is 2. The largest absolute Gasteiger partial charge is 0.380 e. The van der Waals surface area contributed by atoms with E-state index >= 15 is 0 Å². The van der Waals surface area contributed by atoms with E-state index in [-0.39, 0.29) is 0 Å². The Labute approximate surface area is 75.7 Å². The van der Waals surface area contributed by atoms with E-state index in [0.29, 0.717) is 12.1 Å². The standard InChI is InChI=1S/C10H21NO/c1-4-7-11-10(8(2)12-3)9-5-6-9/h8-11H,4-7H2,1-3H3. The van der Waals surface area contributed by atoms with Crippen LogP contribution in [0.15, 0.2) is 0 Å². The summed E-state index contributed by atoms with van der Waals surface area (Å²) in [5.41, 5.74) is 0. The highest BCUT2D eigenvalue weighted by atomic mass is 16.5. The lowest BCUT2D eigenvalue weighted by molar-refractivity contribution is 0.0756. The van der Waals surface area contributed by atoms with Crippen LogP contribution in [-0.4, -0.2) is 25.8 Å². The molecule has 1 rings (SSSR count). The second kappa shape index (κ2) is 4.83. The van der Waals surface area contributed by atoms with Gasteiger partial charge in [-0.3, -0.25) is 0 Å². The highest BCUT2D eigenvalue weighted by molar-refractivity contribution is 4.89. The number of ether oxygens (including phenoxy) is 1. The number of methoxy groups -OCH3 is 1. The molecule has 1 N–H and O–H groups in total. The predicted octanol–water partition coefficient (Wildman–Crippen LogP) is 1.80. The Morgan fingerprint density at radius 2 is 2.17 bits per heavy atom. The maximum Gasteiger partial charge on any atom is 0.0698 e. The van der Waals surface area contributed by atoms with Crippen molar-refractivity contribution in [3.63, 3.8) is 0 Å². The third-order valence-corrected chi connectivity index (χ3v) is 2.64. The van der Waals surface area contributed by atoms with E-state index < -0.39 is 0 Å². The van der Waals surface area contributed by atoms with Crippen LogP contribution < -0.4 is 5.32 Å². The zero-order valence-corrected chi connectivity index (χ0v) is 8.47. The molecule has 0 aliphatic heterocycles. The first-order valence-electron chi connectivity index (χ1n) is 5.05. The maximum absolute atomic E-state index is 5.35. The molecule has 1 aliphatic rings. The summed E-state index contributed by atoms with van der Waals surface area (Å²) in [5, 5.41) is 3.56. The Balaban J connectivity index is 2.26. The van der Waals surface area contributed by atoms with Crippen LogP contribution in [0.5, 0.6) is 0 Å². The minimum Gasteiger partial charge on any atom is -0.380 e. The van der Waals surface area contributed by atoms with Gasteiger partial charge < -0.3 is 10.1 Å². The molecule has 2 nitrogen and oxygen atoms in total. The topological polar surface area (TPSA) is 21.3 Å². The molecule has 0 heterocycles. The van der Waals surface area contributed by atoms with Crippen molar-refractivity contribution in [2.45, 2.75) is 45.3 Å². The summed E-state index contributed by atoms with van der Waals surface area (Å²) in [6.45, 7) is 5.48. The fourth-order valence-electron chi connectivity index (χ4n) is 1.63. The van der Waals surface area contributed by atoms with Crippen molar-refractivity contribution in [2.24, 2.45) is 5.92 Å². The summed E-state index contributed by atoms with van der Waals surface area (Å²) in [5.74, 6) is 0.881. The SMILES string of the molecule is CCCNC(C1CC1)C(C)OC. The zero-order chi connectivity index (χ0) is 8.97. The van der Waals surface area contributed by atoms with Crippen molar-refractivity contribution in [1.29, 1.82) is 0 Å². The summed E-state index contributed by atoms with van der Waals surface area (Å²) in [7, 11) is 1.80. The Bertz CT molecular complexity index is 123. The van der Waals surface area contributed by atoms with Crippen LogP contribution in [0.25, 0.3) is 0 Å². The monoisotopic (exact) mass is 171 g/mol. The first-order valence-corrected chi connectivity index (χ1v) is 5.05. The average Bonchev–Trinajstić information content (AvgIpc) is 2.88. The van der Waals surface area contributed by atoms with Crippen LogP contribution in [0.4, 0.5) is 0 Å². The molecular formula is C10H21NO. The van der Waals surface area contributed by atoms with E-state index in [1.807, 2.05) is 0 Å². The van der Waals surface area contributed by atoms with Crippen LogP contribution in [0.2, 0.25) is 0 Å². The van der Waals surface area contributed by atoms with Gasteiger partial charge in [0.05, 0.1) is 6.10 Å². The van der Waals surface area contributed by atoms with Crippen LogP contribution >= 0.6 is 0 Å². The van der Waals surface area contributed by atoms with Gasteiger partial charge >= 0.3 is 0 Å². The molecule has 0 aromatic rings. The van der Waals surface area contributed by atoms with Crippen LogP contribution in [0.3, 0.4) is 0 Å². The third-order valence-electron chi connectivity index (χ3n) is 2.64. The van der Waals surface area contributed by atoms with Crippen LogP contribution in [0.1, 0.15) is 33.1 Å². The van der Waals surface area contributed by atoms with Crippen molar-refractivity contribution in [3.8, 4) is 0 Å². The van der Waals surface area contributed by atoms with Crippen molar-refractivity contribution in [1.82, 2.24) is 5.32 Å². The molecule has 2 heteroatoms. The fourth-order valence-corrected chi connectivity index (χ4v) is 1.63. The zero-order valence-electron chi connectivity index (χ0n) is 8.47. The molecule has 0 spiro atoms. The van der Waals surface area contributed by atoms with Crippen molar-refractivity contribution in [3.05, 3.63) is 0 Å². The van der Waals surface area contributed by atoms with Gasteiger partial charge in [0, 0.05) is 13.2 Å². The van der Waals surface area contributed by atoms with Crippen molar-refractivity contribution < 1.29 is 4.74 Å². The highest BCUT2D eigenvalue weighted by Gasteiger charge is 2.34. The summed E-state index contributed by atoms with van der Waals surface area (Å²) in [6, 6.07) is 0.593. The van der Waals surface area contributed by atoms with E-state index in [1.54, 1.807) is 7.11 Å². The lowest BCUT2D eigenvalue weighted by Crippen LogP contribution is -2.41. The molecule has 0 amide bonds. The van der Waals surface area contributed by atoms with Gasteiger partial charge in [-0.15, -0.1) is 0 Å². The Kier molecular flexibility index (Phi) is 4.02. The number of rotatable bonds is 6. The van der Waals surface area contributed by atoms with E-state index in [1.165, 1.54) is 19.3 Å². The van der Waals surface area contributed by atoms with Crippen molar-refractivity contribution in [2.75, 3.05) is 13.7 Å². The summed E-state index contributed by atoms with van der Waals surface area (Å²) in [4.78, 5) is 0. The number of nitrogens with one attached hydrogen (secondary N) is 1. The quantitative estimate of drug-likeness (QED) is 0.658. The minimum atomic E-state index is 0.365. The van der Waals surface area contributed by atoms with Gasteiger partial charge in [-0.05, 0) is 38.6 Å². The molecule has 0 radical (unpaired) electrons. The van der Waals surface area contributed by atoms with Gasteiger partial charge in [-0.2, -0.15) is 0 Å². The average molecular weight is 171 g/mol. The van der Waals surface area contributed by atoms with Crippen LogP contribution in [0, 0.1) is 5.92 Å². The molecule has 1 saturated carbocycles. The lowest BCUT2D eigenvalue weighted by atomic mass is 10.1. The molecule has 2 atom stereocenters. The molecule has 2 unspecified atom stereocenters. The van der Waals surface area contributed by atoms with E-state index in [9.17, 15) is 0 Å². The predicted molar refractivity (Wildman–Crippen MR) is 51.3 cm³/mol. The Morgan fingerprint density at radius 3 is 2.58 bits per heavy atom. The molecule has 1 aliphatic carbocycles. The maximum atomic E-state index is 5.35. The van der Waals surface area contributed by atoms with Gasteiger partial charge in [0.1, 0.15) is 0 Å². The van der Waals surface area contributed by atoms with E-state index in [2.05, 4.69) is 19.2 Å². The molecule has 0 bridgehead atoms. The first-order chi connectivity index (χ1) is 5.79. The van der Waals surface area contributed by atoms with Crippen molar-refractivity contribution >= 4 is 0 Å². The molecule has 0 aromatic carbocycles. The van der Waals surface area contributed by atoms with Gasteiger partial charge in [-0.1, -0.05) is 6.92 Å². The molecule has 1 fully saturated rings. The number of hydrogen-bond donors (Lipinski definition) is 1. The van der Waals surface area contributed by atoms with E-state index in [0.717, 1.165) is 12.5 Å².